The molecule has 2 aromatic carbocycles. The lowest BCUT2D eigenvalue weighted by atomic mass is 9.97. The summed E-state index contributed by atoms with van der Waals surface area (Å²) in [6, 6.07) is 14.5. The van der Waals surface area contributed by atoms with Gasteiger partial charge in [0.15, 0.2) is 0 Å². The monoisotopic (exact) mass is 448 g/mol. The molecule has 1 N–H and O–H groups in total. The van der Waals surface area contributed by atoms with Gasteiger partial charge >= 0.3 is 0 Å². The number of carbonyl (C=O) groups is 2. The Bertz CT molecular complexity index is 1250. The van der Waals surface area contributed by atoms with Gasteiger partial charge in [0.2, 0.25) is 0 Å². The van der Waals surface area contributed by atoms with Crippen molar-refractivity contribution in [3.05, 3.63) is 93.8 Å². The van der Waals surface area contributed by atoms with E-state index in [0.717, 1.165) is 11.1 Å². The third-order valence-electron chi connectivity index (χ3n) is 5.60. The Morgan fingerprint density at radius 2 is 1.84 bits per heavy atom. The first-order valence-electron chi connectivity index (χ1n) is 9.96. The molecule has 0 bridgehead atoms. The number of anilines is 1. The fourth-order valence-electron chi connectivity index (χ4n) is 3.80. The molecular formula is C25H21ClN2O4. The lowest BCUT2D eigenvalue weighted by molar-refractivity contribution is -0.132. The number of hydrogen-bond acceptors (Lipinski definition) is 5. The van der Waals surface area contributed by atoms with Crippen molar-refractivity contribution in [1.82, 2.24) is 4.98 Å². The largest absolute Gasteiger partial charge is 0.507 e. The van der Waals surface area contributed by atoms with Crippen molar-refractivity contribution in [2.45, 2.75) is 19.9 Å². The summed E-state index contributed by atoms with van der Waals surface area (Å²) in [4.78, 5) is 32.2. The third kappa shape index (κ3) is 3.63. The summed E-state index contributed by atoms with van der Waals surface area (Å²) in [5.74, 6) is -1.60. The van der Waals surface area contributed by atoms with Crippen LogP contribution in [-0.2, 0) is 9.59 Å². The fraction of sp³-hybridized carbons (Fsp3) is 0.160. The summed E-state index contributed by atoms with van der Waals surface area (Å²) in [5, 5.41) is 11.6. The zero-order valence-electron chi connectivity index (χ0n) is 17.8. The van der Waals surface area contributed by atoms with E-state index in [9.17, 15) is 14.7 Å². The van der Waals surface area contributed by atoms with E-state index < -0.39 is 17.7 Å². The van der Waals surface area contributed by atoms with Gasteiger partial charge in [-0.3, -0.25) is 19.5 Å². The van der Waals surface area contributed by atoms with Gasteiger partial charge in [0.05, 0.1) is 23.9 Å². The highest BCUT2D eigenvalue weighted by Crippen LogP contribution is 2.43. The average Bonchev–Trinajstić information content (AvgIpc) is 3.06. The molecule has 32 heavy (non-hydrogen) atoms. The molecule has 0 saturated carbocycles. The number of carbonyl (C=O) groups excluding carboxylic acids is 2. The van der Waals surface area contributed by atoms with Gasteiger partial charge in [0.25, 0.3) is 11.7 Å². The van der Waals surface area contributed by atoms with Crippen LogP contribution in [0.25, 0.3) is 5.76 Å². The van der Waals surface area contributed by atoms with Crippen molar-refractivity contribution in [3.63, 3.8) is 0 Å². The highest BCUT2D eigenvalue weighted by molar-refractivity contribution is 6.51. The third-order valence-corrected chi connectivity index (χ3v) is 5.83. The van der Waals surface area contributed by atoms with Crippen LogP contribution in [0.1, 0.15) is 28.4 Å². The molecule has 1 aliphatic heterocycles. The van der Waals surface area contributed by atoms with E-state index in [1.54, 1.807) is 42.6 Å². The number of ether oxygens (including phenoxy) is 1. The summed E-state index contributed by atoms with van der Waals surface area (Å²) in [7, 11) is 1.45. The highest BCUT2D eigenvalue weighted by Gasteiger charge is 2.47. The van der Waals surface area contributed by atoms with Crippen LogP contribution in [0.4, 0.5) is 5.69 Å². The van der Waals surface area contributed by atoms with Crippen LogP contribution in [0.3, 0.4) is 0 Å². The molecule has 3 aromatic rings. The maximum atomic E-state index is 13.2. The highest BCUT2D eigenvalue weighted by atomic mass is 35.5. The second kappa shape index (κ2) is 8.48. The van der Waals surface area contributed by atoms with E-state index in [1.807, 2.05) is 26.0 Å². The number of rotatable bonds is 4. The van der Waals surface area contributed by atoms with E-state index >= 15 is 0 Å². The van der Waals surface area contributed by atoms with E-state index in [-0.39, 0.29) is 16.9 Å². The molecule has 1 unspecified atom stereocenters. The molecule has 1 saturated heterocycles. The Hall–Kier alpha value is -3.64. The van der Waals surface area contributed by atoms with Crippen LogP contribution in [0.2, 0.25) is 5.02 Å². The minimum atomic E-state index is -0.915. The Morgan fingerprint density at radius 1 is 1.06 bits per heavy atom. The molecule has 0 radical (unpaired) electrons. The summed E-state index contributed by atoms with van der Waals surface area (Å²) in [6.07, 6.45) is 1.58. The molecule has 1 aromatic heterocycles. The number of nitrogens with zero attached hydrogens (tertiary/aromatic N) is 2. The first-order valence-corrected chi connectivity index (χ1v) is 10.3. The number of aliphatic hydroxyl groups excluding tert-OH is 1. The second-order valence-corrected chi connectivity index (χ2v) is 7.97. The second-order valence-electron chi connectivity index (χ2n) is 7.54. The molecule has 2 heterocycles. The van der Waals surface area contributed by atoms with Gasteiger partial charge in [-0.15, -0.1) is 0 Å². The standard InChI is InChI=1S/C25H21ClN2O4/c1-14-7-9-17(12-15(14)2)28-22(19-6-4-5-11-27-19)21(24(30)25(28)31)23(29)18-13-16(26)8-10-20(18)32-3/h4-13,22,29H,1-3H3/b23-21+. The molecule has 7 heteroatoms. The predicted octanol–water partition coefficient (Wildman–Crippen LogP) is 4.99. The summed E-state index contributed by atoms with van der Waals surface area (Å²) < 4.78 is 5.35. The van der Waals surface area contributed by atoms with Crippen LogP contribution in [0.5, 0.6) is 5.75 Å². The first kappa shape index (κ1) is 21.6. The topological polar surface area (TPSA) is 79.7 Å². The van der Waals surface area contributed by atoms with Gasteiger partial charge in [0.1, 0.15) is 17.6 Å². The summed E-state index contributed by atoms with van der Waals surface area (Å²) in [5.41, 5.74) is 3.17. The molecule has 0 aliphatic carbocycles. The molecule has 1 atom stereocenters. The van der Waals surface area contributed by atoms with E-state index in [4.69, 9.17) is 16.3 Å². The van der Waals surface area contributed by atoms with Gasteiger partial charge in [-0.1, -0.05) is 23.7 Å². The van der Waals surface area contributed by atoms with Crippen LogP contribution in [0.15, 0.2) is 66.4 Å². The zero-order valence-corrected chi connectivity index (χ0v) is 18.6. The molecule has 4 rings (SSSR count). The van der Waals surface area contributed by atoms with Crippen molar-refractivity contribution >= 4 is 34.7 Å². The Kier molecular flexibility index (Phi) is 5.72. The Balaban J connectivity index is 1.98. The number of halogens is 1. The van der Waals surface area contributed by atoms with Crippen molar-refractivity contribution in [2.75, 3.05) is 12.0 Å². The van der Waals surface area contributed by atoms with Crippen LogP contribution < -0.4 is 9.64 Å². The van der Waals surface area contributed by atoms with E-state index in [2.05, 4.69) is 4.98 Å². The smallest absolute Gasteiger partial charge is 0.300 e. The Labute approximate surface area is 190 Å². The summed E-state index contributed by atoms with van der Waals surface area (Å²) in [6.45, 7) is 3.90. The van der Waals surface area contributed by atoms with Crippen molar-refractivity contribution < 1.29 is 19.4 Å². The van der Waals surface area contributed by atoms with Gasteiger partial charge in [-0.25, -0.2) is 0 Å². The average molecular weight is 449 g/mol. The molecule has 162 valence electrons. The lowest BCUT2D eigenvalue weighted by Gasteiger charge is -2.25. The molecule has 0 spiro atoms. The number of ketones is 1. The molecular weight excluding hydrogens is 428 g/mol. The number of aryl methyl sites for hydroxylation is 2. The number of benzene rings is 2. The van der Waals surface area contributed by atoms with Crippen LogP contribution in [0, 0.1) is 13.8 Å². The number of methoxy groups -OCH3 is 1. The van der Waals surface area contributed by atoms with Gasteiger partial charge in [-0.2, -0.15) is 0 Å². The van der Waals surface area contributed by atoms with Gasteiger partial charge in [0, 0.05) is 16.9 Å². The Morgan fingerprint density at radius 3 is 2.50 bits per heavy atom. The maximum Gasteiger partial charge on any atom is 0.300 e. The number of hydrogen-bond donors (Lipinski definition) is 1. The van der Waals surface area contributed by atoms with Gasteiger partial charge < -0.3 is 9.84 Å². The summed E-state index contributed by atoms with van der Waals surface area (Å²) >= 11 is 6.14. The first-order chi connectivity index (χ1) is 15.3. The maximum absolute atomic E-state index is 13.2. The number of aliphatic hydroxyl groups is 1. The van der Waals surface area contributed by atoms with Crippen LogP contribution >= 0.6 is 11.6 Å². The number of amides is 1. The van der Waals surface area contributed by atoms with E-state index in [0.29, 0.717) is 22.2 Å². The fourth-order valence-corrected chi connectivity index (χ4v) is 3.97. The quantitative estimate of drug-likeness (QED) is 0.345. The van der Waals surface area contributed by atoms with Crippen molar-refractivity contribution in [3.8, 4) is 5.75 Å². The molecule has 1 fully saturated rings. The molecule has 1 aliphatic rings. The molecule has 6 nitrogen and oxygen atoms in total. The minimum Gasteiger partial charge on any atom is -0.507 e. The van der Waals surface area contributed by atoms with Crippen molar-refractivity contribution in [2.24, 2.45) is 0 Å². The normalized spacial score (nSPS) is 17.6. The predicted molar refractivity (Wildman–Crippen MR) is 123 cm³/mol. The number of Topliss-reactive ketones (excluding diaryl/α,β-unsaturated/α-hetero) is 1. The minimum absolute atomic E-state index is 0.0764. The zero-order chi connectivity index (χ0) is 23.0. The number of aromatic nitrogens is 1. The van der Waals surface area contributed by atoms with Gasteiger partial charge in [-0.05, 0) is 67.4 Å². The number of pyridine rings is 1. The van der Waals surface area contributed by atoms with E-state index in [1.165, 1.54) is 18.1 Å². The van der Waals surface area contributed by atoms with Crippen molar-refractivity contribution in [1.29, 1.82) is 0 Å². The van der Waals surface area contributed by atoms with Crippen LogP contribution in [-0.4, -0.2) is 28.9 Å². The lowest BCUT2D eigenvalue weighted by Crippen LogP contribution is -2.29. The molecule has 1 amide bonds. The SMILES string of the molecule is COc1ccc(Cl)cc1/C(O)=C1\C(=O)C(=O)N(c2ccc(C)c(C)c2)C1c1ccccn1.